The summed E-state index contributed by atoms with van der Waals surface area (Å²) < 4.78 is 0. The van der Waals surface area contributed by atoms with Crippen LogP contribution in [0.25, 0.3) is 0 Å². The number of rotatable bonds is 1. The molecule has 0 heterocycles. The van der Waals surface area contributed by atoms with Crippen LogP contribution < -0.4 is 5.73 Å². The van der Waals surface area contributed by atoms with E-state index in [9.17, 15) is 0 Å². The second kappa shape index (κ2) is 3.53. The molecule has 0 spiro atoms. The molecule has 0 aliphatic carbocycles. The highest BCUT2D eigenvalue weighted by Crippen LogP contribution is 2.19. The molecular weight excluding hydrogens is 192 g/mol. The highest BCUT2D eigenvalue weighted by molar-refractivity contribution is 7.80. The van der Waals surface area contributed by atoms with Gasteiger partial charge in [0.25, 0.3) is 0 Å². The molecule has 60 valence electrons. The molecule has 0 atom stereocenters. The molecule has 2 N–H and O–H groups in total. The second-order valence-corrected chi connectivity index (χ2v) is 2.96. The van der Waals surface area contributed by atoms with Gasteiger partial charge in [-0.2, -0.15) is 5.26 Å². The van der Waals surface area contributed by atoms with Crippen LogP contribution in [0.3, 0.4) is 0 Å². The predicted molar refractivity (Wildman–Crippen MR) is 52.1 cm³/mol. The zero-order valence-corrected chi connectivity index (χ0v) is 7.62. The van der Waals surface area contributed by atoms with E-state index in [0.29, 0.717) is 16.1 Å². The summed E-state index contributed by atoms with van der Waals surface area (Å²) in [6, 6.07) is 6.94. The van der Waals surface area contributed by atoms with Crippen molar-refractivity contribution in [2.24, 2.45) is 5.73 Å². The maximum atomic E-state index is 8.61. The van der Waals surface area contributed by atoms with E-state index in [-0.39, 0.29) is 4.99 Å². The fraction of sp³-hybridized carbons (Fsp3) is 0. The summed E-state index contributed by atoms with van der Waals surface area (Å²) in [6.45, 7) is 0. The fourth-order valence-corrected chi connectivity index (χ4v) is 1.30. The average molecular weight is 197 g/mol. The Kier molecular flexibility index (Phi) is 2.64. The third-order valence-corrected chi connectivity index (χ3v) is 2.01. The zero-order chi connectivity index (χ0) is 9.14. The van der Waals surface area contributed by atoms with Gasteiger partial charge in [0.1, 0.15) is 11.1 Å². The monoisotopic (exact) mass is 196 g/mol. The predicted octanol–water partition coefficient (Wildman–Crippen LogP) is 1.85. The first-order valence-corrected chi connectivity index (χ1v) is 3.94. The van der Waals surface area contributed by atoms with E-state index >= 15 is 0 Å². The minimum atomic E-state index is 0.206. The van der Waals surface area contributed by atoms with Gasteiger partial charge in [-0.15, -0.1) is 0 Å². The first-order valence-electron chi connectivity index (χ1n) is 3.15. The fourth-order valence-electron chi connectivity index (χ4n) is 0.809. The molecule has 0 unspecified atom stereocenters. The van der Waals surface area contributed by atoms with Crippen LogP contribution >= 0.6 is 23.8 Å². The van der Waals surface area contributed by atoms with Crippen molar-refractivity contribution in [3.05, 3.63) is 34.3 Å². The van der Waals surface area contributed by atoms with Crippen LogP contribution in [0, 0.1) is 11.3 Å². The van der Waals surface area contributed by atoms with Crippen LogP contribution in [0.4, 0.5) is 0 Å². The maximum absolute atomic E-state index is 8.61. The molecule has 4 heteroatoms. The van der Waals surface area contributed by atoms with Crippen molar-refractivity contribution >= 4 is 28.8 Å². The number of nitriles is 1. The average Bonchev–Trinajstić information content (AvgIpc) is 2.04. The van der Waals surface area contributed by atoms with E-state index < -0.39 is 0 Å². The Labute approximate surface area is 80.6 Å². The molecule has 1 aromatic rings. The molecule has 0 aliphatic heterocycles. The molecule has 0 aliphatic rings. The van der Waals surface area contributed by atoms with Gasteiger partial charge in [-0.3, -0.25) is 0 Å². The quantitative estimate of drug-likeness (QED) is 0.698. The van der Waals surface area contributed by atoms with Crippen LogP contribution in [0.2, 0.25) is 5.02 Å². The number of nitrogens with two attached hydrogens (primary N) is 1. The van der Waals surface area contributed by atoms with Crippen molar-refractivity contribution in [1.29, 1.82) is 5.26 Å². The Hall–Kier alpha value is -1.11. The summed E-state index contributed by atoms with van der Waals surface area (Å²) in [6.07, 6.45) is 0. The van der Waals surface area contributed by atoms with Crippen molar-refractivity contribution < 1.29 is 0 Å². The zero-order valence-electron chi connectivity index (χ0n) is 6.04. The first-order chi connectivity index (χ1) is 5.66. The van der Waals surface area contributed by atoms with Crippen LogP contribution in [0.1, 0.15) is 11.1 Å². The largest absolute Gasteiger partial charge is 0.389 e. The lowest BCUT2D eigenvalue weighted by Gasteiger charge is -2.01. The topological polar surface area (TPSA) is 49.8 Å². The van der Waals surface area contributed by atoms with E-state index in [0.717, 1.165) is 0 Å². The Balaban J connectivity index is 3.35. The molecule has 0 aromatic heterocycles. The van der Waals surface area contributed by atoms with Crippen molar-refractivity contribution in [2.75, 3.05) is 0 Å². The summed E-state index contributed by atoms with van der Waals surface area (Å²) in [5.41, 5.74) is 6.31. The normalized spacial score (nSPS) is 9.00. The molecule has 1 aromatic carbocycles. The minimum absolute atomic E-state index is 0.206. The van der Waals surface area contributed by atoms with Crippen molar-refractivity contribution in [1.82, 2.24) is 0 Å². The molecule has 0 bridgehead atoms. The lowest BCUT2D eigenvalue weighted by atomic mass is 10.1. The van der Waals surface area contributed by atoms with E-state index in [1.54, 1.807) is 18.2 Å². The Bertz CT molecular complexity index is 368. The van der Waals surface area contributed by atoms with Gasteiger partial charge in [-0.05, 0) is 6.07 Å². The summed E-state index contributed by atoms with van der Waals surface area (Å²) in [5.74, 6) is 0. The number of thiocarbonyl (C=S) groups is 1. The maximum Gasteiger partial charge on any atom is 0.105 e. The molecule has 0 amide bonds. The van der Waals surface area contributed by atoms with Crippen LogP contribution in [0.15, 0.2) is 18.2 Å². The number of halogens is 1. The smallest absolute Gasteiger partial charge is 0.105 e. The molecule has 0 fully saturated rings. The van der Waals surface area contributed by atoms with E-state index in [2.05, 4.69) is 0 Å². The highest BCUT2D eigenvalue weighted by atomic mass is 35.5. The summed E-state index contributed by atoms with van der Waals surface area (Å²) in [7, 11) is 0. The number of hydrogen-bond acceptors (Lipinski definition) is 2. The minimum Gasteiger partial charge on any atom is -0.389 e. The Morgan fingerprint density at radius 3 is 2.75 bits per heavy atom. The van der Waals surface area contributed by atoms with Crippen LogP contribution in [-0.4, -0.2) is 4.99 Å². The number of hydrogen-bond donors (Lipinski definition) is 1. The van der Waals surface area contributed by atoms with Crippen LogP contribution in [-0.2, 0) is 0 Å². The number of benzene rings is 1. The standard InChI is InChI=1S/C8H5ClN2S/c9-7-5(4-10)2-1-3-6(7)8(11)12/h1-3H,(H2,11,12). The van der Waals surface area contributed by atoms with E-state index in [1.165, 1.54) is 0 Å². The van der Waals surface area contributed by atoms with Gasteiger partial charge < -0.3 is 5.73 Å². The van der Waals surface area contributed by atoms with Crippen molar-refractivity contribution in [3.8, 4) is 6.07 Å². The summed E-state index contributed by atoms with van der Waals surface area (Å²) >= 11 is 10.6. The summed E-state index contributed by atoms with van der Waals surface area (Å²) in [4.78, 5) is 0.206. The number of nitrogens with zero attached hydrogens (tertiary/aromatic N) is 1. The molecule has 2 nitrogen and oxygen atoms in total. The van der Waals surface area contributed by atoms with Crippen molar-refractivity contribution in [2.45, 2.75) is 0 Å². The van der Waals surface area contributed by atoms with Gasteiger partial charge >= 0.3 is 0 Å². The lowest BCUT2D eigenvalue weighted by molar-refractivity contribution is 1.48. The Morgan fingerprint density at radius 1 is 1.58 bits per heavy atom. The first kappa shape index (κ1) is 8.98. The van der Waals surface area contributed by atoms with E-state index in [4.69, 9.17) is 34.8 Å². The summed E-state index contributed by atoms with van der Waals surface area (Å²) in [5, 5.41) is 8.93. The van der Waals surface area contributed by atoms with Gasteiger partial charge in [0.15, 0.2) is 0 Å². The SMILES string of the molecule is N#Cc1cccc(C(N)=S)c1Cl. The second-order valence-electron chi connectivity index (χ2n) is 2.14. The molecule has 0 radical (unpaired) electrons. The molecule has 1 rings (SSSR count). The Morgan fingerprint density at radius 2 is 2.25 bits per heavy atom. The van der Waals surface area contributed by atoms with E-state index in [1.807, 2.05) is 6.07 Å². The highest BCUT2D eigenvalue weighted by Gasteiger charge is 2.06. The van der Waals surface area contributed by atoms with Gasteiger partial charge in [0, 0.05) is 5.56 Å². The third-order valence-electron chi connectivity index (χ3n) is 1.38. The van der Waals surface area contributed by atoms with Crippen molar-refractivity contribution in [3.63, 3.8) is 0 Å². The molecule has 12 heavy (non-hydrogen) atoms. The van der Waals surface area contributed by atoms with Gasteiger partial charge in [0.2, 0.25) is 0 Å². The lowest BCUT2D eigenvalue weighted by Crippen LogP contribution is -2.10. The third kappa shape index (κ3) is 1.55. The van der Waals surface area contributed by atoms with Gasteiger partial charge in [-0.25, -0.2) is 0 Å². The molecule has 0 saturated heterocycles. The van der Waals surface area contributed by atoms with Crippen LogP contribution in [0.5, 0.6) is 0 Å². The molecular formula is C8H5ClN2S. The molecule has 0 saturated carbocycles. The van der Waals surface area contributed by atoms with Gasteiger partial charge in [-0.1, -0.05) is 36.0 Å². The van der Waals surface area contributed by atoms with Gasteiger partial charge in [0.05, 0.1) is 10.6 Å².